The molecule has 2 rings (SSSR count). The summed E-state index contributed by atoms with van der Waals surface area (Å²) in [4.78, 5) is 0. The number of rotatable bonds is 3. The molecule has 1 heterocycles. The smallest absolute Gasteiger partial charge is 0.203 e. The molecule has 0 aliphatic heterocycles. The molecule has 0 saturated heterocycles. The molecule has 17 heavy (non-hydrogen) atoms. The van der Waals surface area contributed by atoms with Crippen LogP contribution in [0.3, 0.4) is 0 Å². The zero-order valence-corrected chi connectivity index (χ0v) is 11.1. The fraction of sp³-hybridized carbons (Fsp3) is 0.273. The van der Waals surface area contributed by atoms with Crippen molar-refractivity contribution in [2.24, 2.45) is 0 Å². The third kappa shape index (κ3) is 2.87. The Morgan fingerprint density at radius 2 is 1.94 bits per heavy atom. The van der Waals surface area contributed by atoms with Crippen LogP contribution in [0.25, 0.3) is 0 Å². The molecule has 0 fully saturated rings. The Bertz CT molecular complexity index is 518. The highest BCUT2D eigenvalue weighted by Crippen LogP contribution is 2.26. The van der Waals surface area contributed by atoms with Gasteiger partial charge in [0.2, 0.25) is 5.13 Å². The van der Waals surface area contributed by atoms with Crippen molar-refractivity contribution in [2.75, 3.05) is 5.73 Å². The quantitative estimate of drug-likeness (QED) is 0.931. The lowest BCUT2D eigenvalue weighted by atomic mass is 10.1. The van der Waals surface area contributed by atoms with E-state index >= 15 is 0 Å². The Morgan fingerprint density at radius 3 is 2.47 bits per heavy atom. The fourth-order valence-electron chi connectivity index (χ4n) is 1.46. The first-order valence-corrected chi connectivity index (χ1v) is 6.23. The molecule has 0 radical (unpaired) electrons. The summed E-state index contributed by atoms with van der Waals surface area (Å²) in [5.41, 5.74) is 7.48. The van der Waals surface area contributed by atoms with Crippen LogP contribution in [0, 0.1) is 13.8 Å². The van der Waals surface area contributed by atoms with E-state index in [1.54, 1.807) is 0 Å². The van der Waals surface area contributed by atoms with E-state index in [-0.39, 0.29) is 0 Å². The predicted octanol–water partition coefficient (Wildman–Crippen LogP) is 2.97. The van der Waals surface area contributed by atoms with E-state index in [2.05, 4.69) is 10.2 Å². The Hall–Kier alpha value is -1.33. The molecule has 4 nitrogen and oxygen atoms in total. The van der Waals surface area contributed by atoms with Crippen LogP contribution in [-0.4, -0.2) is 10.2 Å². The van der Waals surface area contributed by atoms with Crippen LogP contribution in [0.5, 0.6) is 5.75 Å². The minimum atomic E-state index is 0.370. The molecule has 90 valence electrons. The van der Waals surface area contributed by atoms with Gasteiger partial charge >= 0.3 is 0 Å². The molecule has 0 amide bonds. The van der Waals surface area contributed by atoms with Gasteiger partial charge in [0, 0.05) is 5.02 Å². The lowest BCUT2D eigenvalue weighted by Gasteiger charge is -2.08. The number of hydrogen-bond acceptors (Lipinski definition) is 5. The largest absolute Gasteiger partial charge is 0.486 e. The molecular weight excluding hydrogens is 258 g/mol. The normalized spacial score (nSPS) is 10.5. The van der Waals surface area contributed by atoms with Gasteiger partial charge < -0.3 is 10.5 Å². The maximum absolute atomic E-state index is 6.08. The highest BCUT2D eigenvalue weighted by molar-refractivity contribution is 7.15. The first-order chi connectivity index (χ1) is 8.06. The van der Waals surface area contributed by atoms with Crippen molar-refractivity contribution in [3.8, 4) is 5.75 Å². The third-order valence-electron chi connectivity index (χ3n) is 2.25. The highest BCUT2D eigenvalue weighted by atomic mass is 35.5. The molecule has 0 aliphatic carbocycles. The van der Waals surface area contributed by atoms with Gasteiger partial charge in [0.25, 0.3) is 0 Å². The lowest BCUT2D eigenvalue weighted by molar-refractivity contribution is 0.304. The van der Waals surface area contributed by atoms with E-state index < -0.39 is 0 Å². The number of nitrogens with two attached hydrogens (primary N) is 1. The van der Waals surface area contributed by atoms with Gasteiger partial charge in [-0.25, -0.2) is 0 Å². The predicted molar refractivity (Wildman–Crippen MR) is 69.6 cm³/mol. The lowest BCUT2D eigenvalue weighted by Crippen LogP contribution is -1.96. The van der Waals surface area contributed by atoms with E-state index in [4.69, 9.17) is 22.1 Å². The van der Waals surface area contributed by atoms with Gasteiger partial charge in [-0.2, -0.15) is 0 Å². The van der Waals surface area contributed by atoms with E-state index in [0.29, 0.717) is 11.7 Å². The number of halogens is 1. The first kappa shape index (κ1) is 12.1. The van der Waals surface area contributed by atoms with Gasteiger partial charge in [-0.3, -0.25) is 0 Å². The molecule has 2 aromatic rings. The number of hydrogen-bond donors (Lipinski definition) is 1. The van der Waals surface area contributed by atoms with Crippen molar-refractivity contribution >= 4 is 28.1 Å². The summed E-state index contributed by atoms with van der Waals surface area (Å²) in [6, 6.07) is 3.81. The number of ether oxygens (including phenoxy) is 1. The monoisotopic (exact) mass is 269 g/mol. The molecule has 0 aliphatic rings. The molecule has 0 unspecified atom stereocenters. The number of aryl methyl sites for hydroxylation is 2. The molecule has 0 bridgehead atoms. The molecule has 2 N–H and O–H groups in total. The topological polar surface area (TPSA) is 61.0 Å². The molecule has 6 heteroatoms. The van der Waals surface area contributed by atoms with Crippen molar-refractivity contribution in [3.05, 3.63) is 33.3 Å². The molecule has 1 aromatic heterocycles. The Labute approximate surface area is 108 Å². The van der Waals surface area contributed by atoms with Gasteiger partial charge in [0.05, 0.1) is 0 Å². The van der Waals surface area contributed by atoms with Crippen molar-refractivity contribution in [3.63, 3.8) is 0 Å². The summed E-state index contributed by atoms with van der Waals surface area (Å²) >= 11 is 7.40. The first-order valence-electron chi connectivity index (χ1n) is 5.03. The summed E-state index contributed by atoms with van der Waals surface area (Å²) in [5.74, 6) is 0.776. The van der Waals surface area contributed by atoms with Gasteiger partial charge in [0.15, 0.2) is 5.01 Å². The number of nitrogens with zero attached hydrogens (tertiary/aromatic N) is 2. The van der Waals surface area contributed by atoms with Gasteiger partial charge in [0.1, 0.15) is 12.4 Å². The van der Waals surface area contributed by atoms with Crippen LogP contribution in [0.1, 0.15) is 16.1 Å². The van der Waals surface area contributed by atoms with Crippen molar-refractivity contribution < 1.29 is 4.74 Å². The summed E-state index contributed by atoms with van der Waals surface area (Å²) in [5, 5.41) is 9.59. The van der Waals surface area contributed by atoms with Crippen LogP contribution in [0.2, 0.25) is 5.02 Å². The van der Waals surface area contributed by atoms with E-state index in [0.717, 1.165) is 26.9 Å². The average Bonchev–Trinajstić information content (AvgIpc) is 2.69. The second-order valence-corrected chi connectivity index (χ2v) is 5.17. The van der Waals surface area contributed by atoms with Gasteiger partial charge in [-0.1, -0.05) is 22.9 Å². The number of aromatic nitrogens is 2. The van der Waals surface area contributed by atoms with Crippen molar-refractivity contribution in [1.29, 1.82) is 0 Å². The van der Waals surface area contributed by atoms with Gasteiger partial charge in [-0.15, -0.1) is 10.2 Å². The fourth-order valence-corrected chi connectivity index (χ4v) is 2.09. The standard InChI is InChI=1S/C11H12ClN3OS/c1-6-3-8(4-7(2)10(6)12)16-5-9-14-15-11(13)17-9/h3-4H,5H2,1-2H3,(H2,13,15). The maximum atomic E-state index is 6.08. The van der Waals surface area contributed by atoms with E-state index in [1.165, 1.54) is 11.3 Å². The van der Waals surface area contributed by atoms with Crippen molar-refractivity contribution in [2.45, 2.75) is 20.5 Å². The van der Waals surface area contributed by atoms with Crippen LogP contribution >= 0.6 is 22.9 Å². The molecular formula is C11H12ClN3OS. The van der Waals surface area contributed by atoms with E-state index in [9.17, 15) is 0 Å². The Morgan fingerprint density at radius 1 is 1.29 bits per heavy atom. The summed E-state index contributed by atoms with van der Waals surface area (Å²) in [6.45, 7) is 4.27. The zero-order chi connectivity index (χ0) is 12.4. The minimum absolute atomic E-state index is 0.370. The number of benzene rings is 1. The molecule has 0 saturated carbocycles. The average molecular weight is 270 g/mol. The summed E-state index contributed by atoms with van der Waals surface area (Å²) < 4.78 is 5.62. The Balaban J connectivity index is 2.09. The van der Waals surface area contributed by atoms with Crippen LogP contribution in [0.4, 0.5) is 5.13 Å². The molecule has 0 atom stereocenters. The van der Waals surface area contributed by atoms with E-state index in [1.807, 2.05) is 26.0 Å². The van der Waals surface area contributed by atoms with Crippen LogP contribution < -0.4 is 10.5 Å². The maximum Gasteiger partial charge on any atom is 0.203 e. The SMILES string of the molecule is Cc1cc(OCc2nnc(N)s2)cc(C)c1Cl. The molecule has 0 spiro atoms. The van der Waals surface area contributed by atoms with Crippen molar-refractivity contribution in [1.82, 2.24) is 10.2 Å². The summed E-state index contributed by atoms with van der Waals surface area (Å²) in [7, 11) is 0. The summed E-state index contributed by atoms with van der Waals surface area (Å²) in [6.07, 6.45) is 0. The third-order valence-corrected chi connectivity index (χ3v) is 3.58. The second kappa shape index (κ2) is 4.89. The zero-order valence-electron chi connectivity index (χ0n) is 9.53. The van der Waals surface area contributed by atoms with Crippen LogP contribution in [-0.2, 0) is 6.61 Å². The number of anilines is 1. The van der Waals surface area contributed by atoms with Gasteiger partial charge in [-0.05, 0) is 37.1 Å². The molecule has 1 aromatic carbocycles. The Kier molecular flexibility index (Phi) is 3.49. The highest BCUT2D eigenvalue weighted by Gasteiger charge is 2.05. The number of nitrogen functional groups attached to an aromatic ring is 1. The minimum Gasteiger partial charge on any atom is -0.486 e. The second-order valence-electron chi connectivity index (χ2n) is 3.69. The van der Waals surface area contributed by atoms with Crippen LogP contribution in [0.15, 0.2) is 12.1 Å².